The second kappa shape index (κ2) is 8.50. The van der Waals surface area contributed by atoms with Gasteiger partial charge in [0.15, 0.2) is 0 Å². The largest absolute Gasteiger partial charge is 0.419 e. The number of nitrogens with zero attached hydrogens (tertiary/aromatic N) is 1. The first kappa shape index (κ1) is 22.5. The van der Waals surface area contributed by atoms with Gasteiger partial charge in [0.1, 0.15) is 5.82 Å². The van der Waals surface area contributed by atoms with Crippen LogP contribution in [0.25, 0.3) is 10.8 Å². The smallest absolute Gasteiger partial charge is 0.394 e. The van der Waals surface area contributed by atoms with E-state index in [0.717, 1.165) is 12.1 Å². The molecule has 1 heterocycles. The van der Waals surface area contributed by atoms with Gasteiger partial charge in [-0.3, -0.25) is 9.59 Å². The number of alkyl halides is 3. The van der Waals surface area contributed by atoms with Gasteiger partial charge >= 0.3 is 6.18 Å². The van der Waals surface area contributed by atoms with Gasteiger partial charge in [-0.15, -0.1) is 0 Å². The lowest BCUT2D eigenvalue weighted by Gasteiger charge is -2.16. The Morgan fingerprint density at radius 3 is 2.48 bits per heavy atom. The highest BCUT2D eigenvalue weighted by Gasteiger charge is 2.33. The van der Waals surface area contributed by atoms with E-state index >= 15 is 0 Å². The number of halogens is 4. The Labute approximate surface area is 174 Å². The molecule has 2 aromatic carbocycles. The van der Waals surface area contributed by atoms with E-state index < -0.39 is 29.5 Å². The van der Waals surface area contributed by atoms with Gasteiger partial charge in [-0.25, -0.2) is 4.39 Å². The molecule has 31 heavy (non-hydrogen) atoms. The van der Waals surface area contributed by atoms with E-state index in [0.29, 0.717) is 22.4 Å². The Morgan fingerprint density at radius 2 is 1.87 bits per heavy atom. The van der Waals surface area contributed by atoms with Crippen molar-refractivity contribution >= 4 is 16.7 Å². The van der Waals surface area contributed by atoms with Crippen LogP contribution in [0.1, 0.15) is 40.0 Å². The number of carbonyl (C=O) groups is 1. The SMILES string of the molecule is Cc1ccc2c(=O)n(C(C)CO)ccc2c1C(=O)NCc1ccc(C(F)(F)F)c(F)c1. The van der Waals surface area contributed by atoms with E-state index in [1.807, 2.05) is 0 Å². The van der Waals surface area contributed by atoms with Crippen molar-refractivity contribution in [3.63, 3.8) is 0 Å². The van der Waals surface area contributed by atoms with Gasteiger partial charge in [-0.05, 0) is 49.2 Å². The zero-order chi connectivity index (χ0) is 22.9. The molecule has 0 aliphatic heterocycles. The van der Waals surface area contributed by atoms with Crippen molar-refractivity contribution < 1.29 is 27.5 Å². The van der Waals surface area contributed by atoms with Gasteiger partial charge in [0.2, 0.25) is 0 Å². The highest BCUT2D eigenvalue weighted by atomic mass is 19.4. The van der Waals surface area contributed by atoms with Gasteiger partial charge in [-0.2, -0.15) is 13.2 Å². The minimum atomic E-state index is -4.80. The van der Waals surface area contributed by atoms with Crippen molar-refractivity contribution in [1.29, 1.82) is 0 Å². The summed E-state index contributed by atoms with van der Waals surface area (Å²) in [6.45, 7) is 2.95. The number of amides is 1. The molecule has 0 saturated carbocycles. The van der Waals surface area contributed by atoms with Crippen LogP contribution in [0.2, 0.25) is 0 Å². The summed E-state index contributed by atoms with van der Waals surface area (Å²) in [7, 11) is 0. The van der Waals surface area contributed by atoms with E-state index in [1.165, 1.54) is 10.8 Å². The molecule has 2 N–H and O–H groups in total. The van der Waals surface area contributed by atoms with Gasteiger partial charge in [0.25, 0.3) is 11.5 Å². The molecule has 5 nitrogen and oxygen atoms in total. The molecule has 0 fully saturated rings. The topological polar surface area (TPSA) is 71.3 Å². The highest BCUT2D eigenvalue weighted by molar-refractivity contribution is 6.08. The van der Waals surface area contributed by atoms with Gasteiger partial charge in [0, 0.05) is 23.5 Å². The quantitative estimate of drug-likeness (QED) is 0.595. The zero-order valence-corrected chi connectivity index (χ0v) is 16.8. The van der Waals surface area contributed by atoms with Crippen LogP contribution in [0, 0.1) is 12.7 Å². The van der Waals surface area contributed by atoms with Crippen molar-refractivity contribution in [2.24, 2.45) is 0 Å². The van der Waals surface area contributed by atoms with Gasteiger partial charge < -0.3 is 15.0 Å². The molecular weight excluding hydrogens is 416 g/mol. The van der Waals surface area contributed by atoms with E-state index in [-0.39, 0.29) is 29.8 Å². The van der Waals surface area contributed by atoms with Crippen LogP contribution in [0.15, 0.2) is 47.4 Å². The molecule has 0 bridgehead atoms. The van der Waals surface area contributed by atoms with Crippen LogP contribution in [0.4, 0.5) is 17.6 Å². The lowest BCUT2D eigenvalue weighted by atomic mass is 10.00. The Balaban J connectivity index is 1.91. The molecule has 0 aliphatic carbocycles. The molecule has 0 radical (unpaired) electrons. The number of pyridine rings is 1. The molecule has 3 rings (SSSR count). The molecule has 164 valence electrons. The van der Waals surface area contributed by atoms with Crippen molar-refractivity contribution in [1.82, 2.24) is 9.88 Å². The Hall–Kier alpha value is -3.20. The summed E-state index contributed by atoms with van der Waals surface area (Å²) in [6, 6.07) is 6.82. The summed E-state index contributed by atoms with van der Waals surface area (Å²) in [4.78, 5) is 25.5. The molecule has 3 aromatic rings. The fourth-order valence-electron chi connectivity index (χ4n) is 3.36. The van der Waals surface area contributed by atoms with Crippen molar-refractivity contribution in [2.75, 3.05) is 6.61 Å². The molecule has 1 unspecified atom stereocenters. The maximum absolute atomic E-state index is 13.8. The van der Waals surface area contributed by atoms with E-state index in [4.69, 9.17) is 0 Å². The number of aryl methyl sites for hydroxylation is 1. The van der Waals surface area contributed by atoms with E-state index in [1.54, 1.807) is 32.0 Å². The first-order valence-corrected chi connectivity index (χ1v) is 9.43. The summed E-state index contributed by atoms with van der Waals surface area (Å²) in [6.07, 6.45) is -3.31. The Bertz CT molecular complexity index is 1200. The number of aliphatic hydroxyl groups is 1. The summed E-state index contributed by atoms with van der Waals surface area (Å²) < 4.78 is 53.2. The van der Waals surface area contributed by atoms with Crippen LogP contribution in [-0.2, 0) is 12.7 Å². The lowest BCUT2D eigenvalue weighted by molar-refractivity contribution is -0.140. The van der Waals surface area contributed by atoms with Crippen LogP contribution in [0.3, 0.4) is 0 Å². The number of aliphatic hydroxyl groups excluding tert-OH is 1. The molecule has 0 saturated heterocycles. The standard InChI is InChI=1S/C22H20F4N2O3/c1-12-3-5-16-15(7-8-28(21(16)31)13(2)11-29)19(12)20(30)27-10-14-4-6-17(18(23)9-14)22(24,25)26/h3-9,13,29H,10-11H2,1-2H3,(H,27,30). The monoisotopic (exact) mass is 436 g/mol. The minimum absolute atomic E-state index is 0.163. The number of benzene rings is 2. The molecule has 0 aliphatic rings. The van der Waals surface area contributed by atoms with Crippen LogP contribution < -0.4 is 10.9 Å². The second-order valence-corrected chi connectivity index (χ2v) is 7.27. The third kappa shape index (κ3) is 4.46. The van der Waals surface area contributed by atoms with Crippen LogP contribution in [0.5, 0.6) is 0 Å². The summed E-state index contributed by atoms with van der Waals surface area (Å²) in [5.74, 6) is -1.96. The first-order chi connectivity index (χ1) is 14.5. The molecule has 9 heteroatoms. The third-order valence-electron chi connectivity index (χ3n) is 5.08. The lowest BCUT2D eigenvalue weighted by Crippen LogP contribution is -2.27. The number of rotatable bonds is 5. The number of hydrogen-bond donors (Lipinski definition) is 2. The number of hydrogen-bond acceptors (Lipinski definition) is 3. The Morgan fingerprint density at radius 1 is 1.16 bits per heavy atom. The number of carbonyl (C=O) groups excluding carboxylic acids is 1. The second-order valence-electron chi connectivity index (χ2n) is 7.27. The van der Waals surface area contributed by atoms with Gasteiger partial charge in [-0.1, -0.05) is 12.1 Å². The van der Waals surface area contributed by atoms with Crippen molar-refractivity contribution in [3.8, 4) is 0 Å². The third-order valence-corrected chi connectivity index (χ3v) is 5.08. The normalized spacial score (nSPS) is 12.7. The number of aromatic nitrogens is 1. The number of fused-ring (bicyclic) bond motifs is 1. The summed E-state index contributed by atoms with van der Waals surface area (Å²) >= 11 is 0. The summed E-state index contributed by atoms with van der Waals surface area (Å²) in [5.41, 5.74) is -0.739. The average Bonchev–Trinajstić information content (AvgIpc) is 2.70. The van der Waals surface area contributed by atoms with Crippen LogP contribution in [-0.4, -0.2) is 22.2 Å². The molecule has 0 spiro atoms. The van der Waals surface area contributed by atoms with Crippen LogP contribution >= 0.6 is 0 Å². The maximum Gasteiger partial charge on any atom is 0.419 e. The van der Waals surface area contributed by atoms with E-state index in [2.05, 4.69) is 5.32 Å². The summed E-state index contributed by atoms with van der Waals surface area (Å²) in [5, 5.41) is 12.6. The molecular formula is C22H20F4N2O3. The average molecular weight is 436 g/mol. The first-order valence-electron chi connectivity index (χ1n) is 9.43. The molecule has 1 aromatic heterocycles. The maximum atomic E-state index is 13.8. The van der Waals surface area contributed by atoms with Gasteiger partial charge in [0.05, 0.1) is 23.8 Å². The molecule has 1 atom stereocenters. The van der Waals surface area contributed by atoms with E-state index in [9.17, 15) is 32.3 Å². The van der Waals surface area contributed by atoms with Crippen molar-refractivity contribution in [2.45, 2.75) is 32.6 Å². The zero-order valence-electron chi connectivity index (χ0n) is 16.8. The fourth-order valence-corrected chi connectivity index (χ4v) is 3.36. The predicted octanol–water partition coefficient (Wildman–Crippen LogP) is 3.95. The predicted molar refractivity (Wildman–Crippen MR) is 107 cm³/mol. The number of nitrogens with one attached hydrogen (secondary N) is 1. The minimum Gasteiger partial charge on any atom is -0.394 e. The fraction of sp³-hybridized carbons (Fsp3) is 0.273. The highest BCUT2D eigenvalue weighted by Crippen LogP contribution is 2.31. The molecule has 1 amide bonds. The van der Waals surface area contributed by atoms with Crippen molar-refractivity contribution in [3.05, 3.63) is 81.0 Å². The Kier molecular flexibility index (Phi) is 6.17.